The van der Waals surface area contributed by atoms with Crippen molar-refractivity contribution >= 4 is 11.6 Å². The molecule has 27 heavy (non-hydrogen) atoms. The van der Waals surface area contributed by atoms with Crippen LogP contribution in [0.5, 0.6) is 5.75 Å². The molecule has 2 rings (SSSR count). The number of ether oxygens (including phenoxy) is 1. The first-order chi connectivity index (χ1) is 12.4. The predicted molar refractivity (Wildman–Crippen MR) is 77.5 cm³/mol. The van der Waals surface area contributed by atoms with Crippen LogP contribution in [0, 0.1) is 0 Å². The minimum absolute atomic E-state index is 0.134. The van der Waals surface area contributed by atoms with E-state index < -0.39 is 47.3 Å². The molecule has 0 fully saturated rings. The van der Waals surface area contributed by atoms with Gasteiger partial charge in [0, 0.05) is 5.56 Å². The fourth-order valence-corrected chi connectivity index (χ4v) is 2.05. The van der Waals surface area contributed by atoms with Gasteiger partial charge in [0.2, 0.25) is 0 Å². The molecule has 0 aliphatic carbocycles. The molecule has 0 saturated carbocycles. The highest BCUT2D eigenvalue weighted by Crippen LogP contribution is 2.36. The first-order valence-corrected chi connectivity index (χ1v) is 7.02. The van der Waals surface area contributed by atoms with Gasteiger partial charge < -0.3 is 10.1 Å². The molecule has 1 amide bonds. The molecule has 0 saturated heterocycles. The summed E-state index contributed by atoms with van der Waals surface area (Å²) in [5.41, 5.74) is -4.67. The van der Waals surface area contributed by atoms with Crippen molar-refractivity contribution in [1.82, 2.24) is 0 Å². The number of carbonyl (C=O) groups is 1. The minimum Gasteiger partial charge on any atom is -0.433 e. The average molecular weight is 399 g/mol. The molecular weight excluding hydrogens is 390 g/mol. The standard InChI is InChI=1S/C16H9F8NO2/c17-14(18)27-12-4-2-1-3-11(12)25-13(26)8-5-9(15(19,20)21)7-10(6-8)16(22,23)24/h1-7,14H,(H,25,26). The van der Waals surface area contributed by atoms with Gasteiger partial charge in [0.25, 0.3) is 5.91 Å². The van der Waals surface area contributed by atoms with Crippen LogP contribution in [0.15, 0.2) is 42.5 Å². The van der Waals surface area contributed by atoms with E-state index in [-0.39, 0.29) is 23.9 Å². The molecule has 0 aliphatic heterocycles. The number of amides is 1. The lowest BCUT2D eigenvalue weighted by Crippen LogP contribution is -2.18. The van der Waals surface area contributed by atoms with Crippen LogP contribution in [-0.2, 0) is 12.4 Å². The van der Waals surface area contributed by atoms with Crippen molar-refractivity contribution in [3.8, 4) is 5.75 Å². The lowest BCUT2D eigenvalue weighted by Gasteiger charge is -2.15. The van der Waals surface area contributed by atoms with Gasteiger partial charge in [0.1, 0.15) is 5.75 Å². The summed E-state index contributed by atoms with van der Waals surface area (Å²) in [6.45, 7) is -3.26. The van der Waals surface area contributed by atoms with Gasteiger partial charge in [0.05, 0.1) is 16.8 Å². The molecular formula is C16H9F8NO2. The quantitative estimate of drug-likeness (QED) is 0.682. The van der Waals surface area contributed by atoms with Crippen LogP contribution in [0.25, 0.3) is 0 Å². The van der Waals surface area contributed by atoms with Gasteiger partial charge in [-0.25, -0.2) is 0 Å². The molecule has 2 aromatic carbocycles. The van der Waals surface area contributed by atoms with Crippen LogP contribution in [-0.4, -0.2) is 12.5 Å². The van der Waals surface area contributed by atoms with E-state index in [1.807, 2.05) is 5.32 Å². The third-order valence-electron chi connectivity index (χ3n) is 3.20. The number of rotatable bonds is 4. The van der Waals surface area contributed by atoms with Gasteiger partial charge in [0.15, 0.2) is 0 Å². The highest BCUT2D eigenvalue weighted by atomic mass is 19.4. The van der Waals surface area contributed by atoms with Gasteiger partial charge in [-0.1, -0.05) is 12.1 Å². The molecule has 1 N–H and O–H groups in total. The Morgan fingerprint density at radius 1 is 0.889 bits per heavy atom. The Balaban J connectivity index is 2.42. The van der Waals surface area contributed by atoms with Crippen molar-refractivity contribution in [2.75, 3.05) is 5.32 Å². The zero-order valence-electron chi connectivity index (χ0n) is 13.0. The molecule has 0 unspecified atom stereocenters. The van der Waals surface area contributed by atoms with Crippen LogP contribution in [0.1, 0.15) is 21.5 Å². The Morgan fingerprint density at radius 2 is 1.41 bits per heavy atom. The third kappa shape index (κ3) is 5.31. The van der Waals surface area contributed by atoms with Crippen molar-refractivity contribution in [2.24, 2.45) is 0 Å². The summed E-state index contributed by atoms with van der Waals surface area (Å²) in [7, 11) is 0. The van der Waals surface area contributed by atoms with Crippen LogP contribution in [0.3, 0.4) is 0 Å². The van der Waals surface area contributed by atoms with E-state index >= 15 is 0 Å². The van der Waals surface area contributed by atoms with Gasteiger partial charge in [-0.3, -0.25) is 4.79 Å². The van der Waals surface area contributed by atoms with Crippen LogP contribution < -0.4 is 10.1 Å². The van der Waals surface area contributed by atoms with Gasteiger partial charge in [-0.2, -0.15) is 35.1 Å². The molecule has 0 heterocycles. The first kappa shape index (κ1) is 20.5. The molecule has 0 bridgehead atoms. The monoisotopic (exact) mass is 399 g/mol. The predicted octanol–water partition coefficient (Wildman–Crippen LogP) is 5.58. The van der Waals surface area contributed by atoms with Crippen LogP contribution in [0.2, 0.25) is 0 Å². The Morgan fingerprint density at radius 3 is 1.89 bits per heavy atom. The second-order valence-electron chi connectivity index (χ2n) is 5.12. The highest BCUT2D eigenvalue weighted by molar-refractivity contribution is 6.05. The van der Waals surface area contributed by atoms with E-state index in [0.717, 1.165) is 12.1 Å². The maximum absolute atomic E-state index is 12.8. The Bertz CT molecular complexity index is 798. The molecule has 2 aromatic rings. The topological polar surface area (TPSA) is 38.3 Å². The Labute approximate surface area is 146 Å². The lowest BCUT2D eigenvalue weighted by atomic mass is 10.0. The van der Waals surface area contributed by atoms with E-state index in [1.165, 1.54) is 12.1 Å². The molecule has 0 atom stereocenters. The number of alkyl halides is 8. The molecule has 0 radical (unpaired) electrons. The number of hydrogen-bond donors (Lipinski definition) is 1. The number of para-hydroxylation sites is 2. The molecule has 0 aliphatic rings. The second-order valence-corrected chi connectivity index (χ2v) is 5.12. The summed E-state index contributed by atoms with van der Waals surface area (Å²) in [4.78, 5) is 12.1. The normalized spacial score (nSPS) is 12.2. The smallest absolute Gasteiger partial charge is 0.416 e. The number of halogens is 8. The first-order valence-electron chi connectivity index (χ1n) is 7.02. The summed E-state index contributed by atoms with van der Waals surface area (Å²) < 4.78 is 106. The van der Waals surface area contributed by atoms with E-state index in [4.69, 9.17) is 0 Å². The lowest BCUT2D eigenvalue weighted by molar-refractivity contribution is -0.143. The zero-order chi connectivity index (χ0) is 20.4. The molecule has 3 nitrogen and oxygen atoms in total. The fraction of sp³-hybridized carbons (Fsp3) is 0.188. The van der Waals surface area contributed by atoms with Crippen molar-refractivity contribution in [2.45, 2.75) is 19.0 Å². The number of anilines is 1. The van der Waals surface area contributed by atoms with E-state index in [0.29, 0.717) is 0 Å². The Hall–Kier alpha value is -2.85. The molecule has 0 spiro atoms. The summed E-state index contributed by atoms with van der Waals surface area (Å²) >= 11 is 0. The molecule has 11 heteroatoms. The molecule has 0 aromatic heterocycles. The van der Waals surface area contributed by atoms with Crippen molar-refractivity contribution < 1.29 is 44.7 Å². The zero-order valence-corrected chi connectivity index (χ0v) is 13.0. The van der Waals surface area contributed by atoms with E-state index in [9.17, 15) is 39.9 Å². The van der Waals surface area contributed by atoms with Crippen LogP contribution in [0.4, 0.5) is 40.8 Å². The summed E-state index contributed by atoms with van der Waals surface area (Å²) in [6, 6.07) is 5.01. The average Bonchev–Trinajstić information content (AvgIpc) is 2.54. The maximum atomic E-state index is 12.8. The third-order valence-corrected chi connectivity index (χ3v) is 3.20. The second kappa shape index (κ2) is 7.41. The van der Waals surface area contributed by atoms with Gasteiger partial charge in [-0.05, 0) is 30.3 Å². The van der Waals surface area contributed by atoms with E-state index in [1.54, 1.807) is 0 Å². The number of nitrogens with one attached hydrogen (secondary N) is 1. The van der Waals surface area contributed by atoms with Crippen molar-refractivity contribution in [3.63, 3.8) is 0 Å². The largest absolute Gasteiger partial charge is 0.433 e. The van der Waals surface area contributed by atoms with Gasteiger partial charge in [-0.15, -0.1) is 0 Å². The van der Waals surface area contributed by atoms with Crippen molar-refractivity contribution in [3.05, 3.63) is 59.2 Å². The fourth-order valence-electron chi connectivity index (χ4n) is 2.05. The minimum atomic E-state index is -5.13. The highest BCUT2D eigenvalue weighted by Gasteiger charge is 2.37. The maximum Gasteiger partial charge on any atom is 0.416 e. The number of hydrogen-bond acceptors (Lipinski definition) is 2. The van der Waals surface area contributed by atoms with Crippen LogP contribution >= 0.6 is 0 Å². The van der Waals surface area contributed by atoms with Gasteiger partial charge >= 0.3 is 19.0 Å². The SMILES string of the molecule is O=C(Nc1ccccc1OC(F)F)c1cc(C(F)(F)F)cc(C(F)(F)F)c1. The summed E-state index contributed by atoms with van der Waals surface area (Å²) in [5.74, 6) is -1.87. The number of carbonyl (C=O) groups excluding carboxylic acids is 1. The number of benzene rings is 2. The summed E-state index contributed by atoms with van der Waals surface area (Å²) in [6.07, 6.45) is -10.3. The summed E-state index contributed by atoms with van der Waals surface area (Å²) in [5, 5.41) is 1.96. The van der Waals surface area contributed by atoms with E-state index in [2.05, 4.69) is 4.74 Å². The van der Waals surface area contributed by atoms with Crippen molar-refractivity contribution in [1.29, 1.82) is 0 Å². The Kier molecular flexibility index (Phi) is 5.62. The molecule has 146 valence electrons.